The summed E-state index contributed by atoms with van der Waals surface area (Å²) in [6.07, 6.45) is 3.45. The highest BCUT2D eigenvalue weighted by molar-refractivity contribution is 5.36. The summed E-state index contributed by atoms with van der Waals surface area (Å²) < 4.78 is 3.03. The van der Waals surface area contributed by atoms with E-state index in [0.29, 0.717) is 6.54 Å². The third-order valence-corrected chi connectivity index (χ3v) is 2.18. The molecule has 0 unspecified atom stereocenters. The first-order valence-corrected chi connectivity index (χ1v) is 4.75. The van der Waals surface area contributed by atoms with Gasteiger partial charge in [0, 0.05) is 25.0 Å². The summed E-state index contributed by atoms with van der Waals surface area (Å²) in [7, 11) is 1.63. The van der Waals surface area contributed by atoms with Crippen LogP contribution >= 0.6 is 0 Å². The number of hydrogen-bond donors (Lipinski definition) is 1. The van der Waals surface area contributed by atoms with E-state index in [1.54, 1.807) is 24.1 Å². The van der Waals surface area contributed by atoms with Gasteiger partial charge in [-0.1, -0.05) is 5.21 Å². The number of anilines is 1. The molecular weight excluding hydrogens is 208 g/mol. The van der Waals surface area contributed by atoms with Crippen LogP contribution in [-0.4, -0.2) is 24.5 Å². The Hall–Kier alpha value is -2.18. The second-order valence-electron chi connectivity index (χ2n) is 3.60. The molecule has 2 N–H and O–H groups in total. The Labute approximate surface area is 91.5 Å². The van der Waals surface area contributed by atoms with Crippen molar-refractivity contribution in [3.8, 4) is 0 Å². The van der Waals surface area contributed by atoms with E-state index in [-0.39, 0.29) is 11.5 Å². The van der Waals surface area contributed by atoms with E-state index >= 15 is 0 Å². The third-order valence-electron chi connectivity index (χ3n) is 2.18. The van der Waals surface area contributed by atoms with Gasteiger partial charge in [0.25, 0.3) is 0 Å². The maximum absolute atomic E-state index is 11.2. The van der Waals surface area contributed by atoms with Gasteiger partial charge in [-0.05, 0) is 6.92 Å². The van der Waals surface area contributed by atoms with Gasteiger partial charge in [-0.2, -0.15) is 4.98 Å². The van der Waals surface area contributed by atoms with Gasteiger partial charge in [-0.3, -0.25) is 0 Å². The van der Waals surface area contributed by atoms with E-state index in [2.05, 4.69) is 15.3 Å². The van der Waals surface area contributed by atoms with Crippen molar-refractivity contribution in [3.63, 3.8) is 0 Å². The van der Waals surface area contributed by atoms with Crippen LogP contribution in [0.4, 0.5) is 5.82 Å². The largest absolute Gasteiger partial charge is 0.383 e. The Balaban J connectivity index is 2.35. The van der Waals surface area contributed by atoms with Gasteiger partial charge in [0.15, 0.2) is 0 Å². The minimum atomic E-state index is -0.365. The van der Waals surface area contributed by atoms with Gasteiger partial charge in [0.05, 0.1) is 12.2 Å². The molecule has 2 aromatic rings. The molecule has 0 aromatic carbocycles. The number of aryl methyl sites for hydroxylation is 2. The van der Waals surface area contributed by atoms with Crippen LogP contribution in [0, 0.1) is 6.92 Å². The molecule has 7 nitrogen and oxygen atoms in total. The van der Waals surface area contributed by atoms with Crippen molar-refractivity contribution in [3.05, 3.63) is 34.1 Å². The highest BCUT2D eigenvalue weighted by Crippen LogP contribution is 2.06. The Morgan fingerprint density at radius 3 is 2.81 bits per heavy atom. The SMILES string of the molecule is Cc1cn(Cc2cn(C)c(=O)nc2N)nn1. The second kappa shape index (κ2) is 3.76. The molecule has 0 atom stereocenters. The van der Waals surface area contributed by atoms with Crippen molar-refractivity contribution in [2.75, 3.05) is 5.73 Å². The Bertz CT molecular complexity index is 570. The second-order valence-corrected chi connectivity index (χ2v) is 3.60. The molecule has 0 saturated heterocycles. The molecule has 0 amide bonds. The van der Waals surface area contributed by atoms with E-state index in [0.717, 1.165) is 11.3 Å². The molecule has 2 rings (SSSR count). The number of rotatable bonds is 2. The first-order valence-electron chi connectivity index (χ1n) is 4.75. The molecule has 2 aromatic heterocycles. The Morgan fingerprint density at radius 2 is 2.19 bits per heavy atom. The third kappa shape index (κ3) is 1.92. The van der Waals surface area contributed by atoms with Crippen LogP contribution in [0.15, 0.2) is 17.2 Å². The van der Waals surface area contributed by atoms with E-state index < -0.39 is 0 Å². The van der Waals surface area contributed by atoms with E-state index in [1.165, 1.54) is 4.57 Å². The van der Waals surface area contributed by atoms with Crippen molar-refractivity contribution < 1.29 is 0 Å². The number of nitrogen functional groups attached to an aromatic ring is 1. The van der Waals surface area contributed by atoms with E-state index in [9.17, 15) is 4.79 Å². The van der Waals surface area contributed by atoms with Crippen molar-refractivity contribution >= 4 is 5.82 Å². The van der Waals surface area contributed by atoms with Crippen LogP contribution in [0.3, 0.4) is 0 Å². The first-order chi connectivity index (χ1) is 7.56. The van der Waals surface area contributed by atoms with Gasteiger partial charge in [-0.15, -0.1) is 5.10 Å². The van der Waals surface area contributed by atoms with Crippen LogP contribution in [0.5, 0.6) is 0 Å². The minimum Gasteiger partial charge on any atom is -0.383 e. The predicted octanol–water partition coefficient (Wildman–Crippen LogP) is -0.689. The molecular formula is C9H12N6O. The van der Waals surface area contributed by atoms with Gasteiger partial charge in [0.2, 0.25) is 0 Å². The Morgan fingerprint density at radius 1 is 1.44 bits per heavy atom. The monoisotopic (exact) mass is 220 g/mol. The predicted molar refractivity (Wildman–Crippen MR) is 57.8 cm³/mol. The zero-order valence-electron chi connectivity index (χ0n) is 9.08. The maximum Gasteiger partial charge on any atom is 0.349 e. The fraction of sp³-hybridized carbons (Fsp3) is 0.333. The summed E-state index contributed by atoms with van der Waals surface area (Å²) in [5.41, 5.74) is 6.87. The number of aromatic nitrogens is 5. The lowest BCUT2D eigenvalue weighted by atomic mass is 10.3. The van der Waals surface area contributed by atoms with Gasteiger partial charge < -0.3 is 10.3 Å². The molecule has 0 aliphatic carbocycles. The first kappa shape index (κ1) is 10.3. The fourth-order valence-electron chi connectivity index (χ4n) is 1.38. The van der Waals surface area contributed by atoms with Crippen molar-refractivity contribution in [2.24, 2.45) is 7.05 Å². The molecule has 16 heavy (non-hydrogen) atoms. The average Bonchev–Trinajstić information content (AvgIpc) is 2.60. The minimum absolute atomic E-state index is 0.233. The van der Waals surface area contributed by atoms with Crippen LogP contribution in [-0.2, 0) is 13.6 Å². The summed E-state index contributed by atoms with van der Waals surface area (Å²) in [4.78, 5) is 14.9. The normalized spacial score (nSPS) is 10.6. The summed E-state index contributed by atoms with van der Waals surface area (Å²) in [6, 6.07) is 0. The van der Waals surface area contributed by atoms with Crippen LogP contribution in [0.25, 0.3) is 0 Å². The van der Waals surface area contributed by atoms with Crippen molar-refractivity contribution in [2.45, 2.75) is 13.5 Å². The molecule has 0 fully saturated rings. The molecule has 0 aliphatic heterocycles. The number of hydrogen-bond acceptors (Lipinski definition) is 5. The molecule has 84 valence electrons. The Kier molecular flexibility index (Phi) is 2.43. The van der Waals surface area contributed by atoms with Gasteiger partial charge in [-0.25, -0.2) is 9.48 Å². The topological polar surface area (TPSA) is 91.6 Å². The smallest absolute Gasteiger partial charge is 0.349 e. The number of nitrogens with two attached hydrogens (primary N) is 1. The molecule has 7 heteroatoms. The van der Waals surface area contributed by atoms with Gasteiger partial charge >= 0.3 is 5.69 Å². The summed E-state index contributed by atoms with van der Waals surface area (Å²) in [5.74, 6) is 0.233. The molecule has 0 aliphatic rings. The molecule has 0 bridgehead atoms. The summed E-state index contributed by atoms with van der Waals surface area (Å²) in [5, 5.41) is 7.77. The molecule has 0 saturated carbocycles. The standard InChI is InChI=1S/C9H12N6O/c1-6-3-15(13-12-6)5-7-4-14(2)9(16)11-8(7)10/h3-4H,5H2,1-2H3,(H2,10,11,16). The maximum atomic E-state index is 11.2. The van der Waals surface area contributed by atoms with Crippen molar-refractivity contribution in [1.82, 2.24) is 24.5 Å². The molecule has 0 spiro atoms. The summed E-state index contributed by atoms with van der Waals surface area (Å²) >= 11 is 0. The average molecular weight is 220 g/mol. The lowest BCUT2D eigenvalue weighted by Crippen LogP contribution is -2.23. The van der Waals surface area contributed by atoms with Crippen LogP contribution < -0.4 is 11.4 Å². The van der Waals surface area contributed by atoms with Crippen LogP contribution in [0.1, 0.15) is 11.3 Å². The zero-order chi connectivity index (χ0) is 11.7. The van der Waals surface area contributed by atoms with E-state index in [4.69, 9.17) is 5.73 Å². The van der Waals surface area contributed by atoms with Crippen LogP contribution in [0.2, 0.25) is 0 Å². The highest BCUT2D eigenvalue weighted by atomic mass is 16.1. The van der Waals surface area contributed by atoms with Gasteiger partial charge in [0.1, 0.15) is 5.82 Å². The lowest BCUT2D eigenvalue weighted by molar-refractivity contribution is 0.640. The molecule has 2 heterocycles. The van der Waals surface area contributed by atoms with E-state index in [1.807, 2.05) is 6.92 Å². The highest BCUT2D eigenvalue weighted by Gasteiger charge is 2.05. The lowest BCUT2D eigenvalue weighted by Gasteiger charge is -2.05. The zero-order valence-corrected chi connectivity index (χ0v) is 9.08. The van der Waals surface area contributed by atoms with Crippen molar-refractivity contribution in [1.29, 1.82) is 0 Å². The quantitative estimate of drug-likeness (QED) is 0.723. The summed E-state index contributed by atoms with van der Waals surface area (Å²) in [6.45, 7) is 2.31. The molecule has 0 radical (unpaired) electrons. The number of nitrogens with zero attached hydrogens (tertiary/aromatic N) is 5. The fourth-order valence-corrected chi connectivity index (χ4v) is 1.38.